The van der Waals surface area contributed by atoms with E-state index in [9.17, 15) is 0 Å². The summed E-state index contributed by atoms with van der Waals surface area (Å²) in [6.45, 7) is 2.04. The number of halogens is 1. The normalized spacial score (nSPS) is 10.5. The molecule has 1 heterocycles. The Labute approximate surface area is 93.3 Å². The maximum Gasteiger partial charge on any atom is 0.115 e. The Morgan fingerprint density at radius 1 is 1.33 bits per heavy atom. The quantitative estimate of drug-likeness (QED) is 0.820. The molecule has 0 saturated carbocycles. The SMILES string of the molecule is CCc1[nH]nc(-c2ccc(Cl)cc2)c1N. The topological polar surface area (TPSA) is 54.7 Å². The molecule has 0 spiro atoms. The summed E-state index contributed by atoms with van der Waals surface area (Å²) in [5, 5.41) is 7.83. The van der Waals surface area contributed by atoms with Gasteiger partial charge < -0.3 is 5.73 Å². The highest BCUT2D eigenvalue weighted by Crippen LogP contribution is 2.27. The van der Waals surface area contributed by atoms with Gasteiger partial charge in [-0.3, -0.25) is 5.10 Å². The smallest absolute Gasteiger partial charge is 0.115 e. The Balaban J connectivity index is 2.45. The number of hydrogen-bond acceptors (Lipinski definition) is 2. The number of H-pyrrole nitrogens is 1. The van der Waals surface area contributed by atoms with Crippen LogP contribution in [0.4, 0.5) is 5.69 Å². The van der Waals surface area contributed by atoms with Gasteiger partial charge in [-0.05, 0) is 18.6 Å². The van der Waals surface area contributed by atoms with Crippen LogP contribution in [-0.4, -0.2) is 10.2 Å². The lowest BCUT2D eigenvalue weighted by Gasteiger charge is -1.99. The van der Waals surface area contributed by atoms with E-state index in [0.717, 1.165) is 29.1 Å². The van der Waals surface area contributed by atoms with Crippen LogP contribution in [0.1, 0.15) is 12.6 Å². The van der Waals surface area contributed by atoms with Gasteiger partial charge in [0.1, 0.15) is 5.69 Å². The first-order valence-corrected chi connectivity index (χ1v) is 5.18. The van der Waals surface area contributed by atoms with Crippen molar-refractivity contribution in [1.82, 2.24) is 10.2 Å². The molecule has 0 aliphatic carbocycles. The third-order valence-electron chi connectivity index (χ3n) is 2.35. The van der Waals surface area contributed by atoms with Crippen LogP contribution in [0.25, 0.3) is 11.3 Å². The highest BCUT2D eigenvalue weighted by Gasteiger charge is 2.09. The predicted molar refractivity (Wildman–Crippen MR) is 62.8 cm³/mol. The van der Waals surface area contributed by atoms with Crippen LogP contribution in [0.3, 0.4) is 0 Å². The molecule has 0 amide bonds. The van der Waals surface area contributed by atoms with Crippen molar-refractivity contribution in [1.29, 1.82) is 0 Å². The molecule has 3 nitrogen and oxygen atoms in total. The van der Waals surface area contributed by atoms with Crippen molar-refractivity contribution >= 4 is 17.3 Å². The fourth-order valence-corrected chi connectivity index (χ4v) is 1.61. The zero-order chi connectivity index (χ0) is 10.8. The summed E-state index contributed by atoms with van der Waals surface area (Å²) >= 11 is 5.81. The minimum atomic E-state index is 0.712. The van der Waals surface area contributed by atoms with E-state index in [0.29, 0.717) is 5.02 Å². The third kappa shape index (κ3) is 1.83. The molecule has 4 heteroatoms. The average molecular weight is 222 g/mol. The van der Waals surface area contributed by atoms with E-state index in [4.69, 9.17) is 17.3 Å². The van der Waals surface area contributed by atoms with Gasteiger partial charge in [0.05, 0.1) is 11.4 Å². The summed E-state index contributed by atoms with van der Waals surface area (Å²) in [4.78, 5) is 0. The van der Waals surface area contributed by atoms with Crippen molar-refractivity contribution < 1.29 is 0 Å². The van der Waals surface area contributed by atoms with Crippen LogP contribution in [-0.2, 0) is 6.42 Å². The van der Waals surface area contributed by atoms with Crippen molar-refractivity contribution in [3.05, 3.63) is 35.0 Å². The molecule has 0 bridgehead atoms. The Bertz CT molecular complexity index is 459. The molecule has 0 atom stereocenters. The largest absolute Gasteiger partial charge is 0.395 e. The van der Waals surface area contributed by atoms with E-state index < -0.39 is 0 Å². The summed E-state index contributed by atoms with van der Waals surface area (Å²) in [5.41, 5.74) is 9.43. The predicted octanol–water partition coefficient (Wildman–Crippen LogP) is 2.87. The number of hydrogen-bond donors (Lipinski definition) is 2. The molecule has 15 heavy (non-hydrogen) atoms. The fourth-order valence-electron chi connectivity index (χ4n) is 1.48. The van der Waals surface area contributed by atoms with Gasteiger partial charge in [0.25, 0.3) is 0 Å². The summed E-state index contributed by atoms with van der Waals surface area (Å²) < 4.78 is 0. The molecule has 0 aliphatic heterocycles. The molecule has 1 aromatic heterocycles. The highest BCUT2D eigenvalue weighted by atomic mass is 35.5. The molecule has 2 aromatic rings. The van der Waals surface area contributed by atoms with Gasteiger partial charge >= 0.3 is 0 Å². The van der Waals surface area contributed by atoms with Gasteiger partial charge in [0.15, 0.2) is 0 Å². The van der Waals surface area contributed by atoms with Crippen LogP contribution in [0.5, 0.6) is 0 Å². The summed E-state index contributed by atoms with van der Waals surface area (Å²) in [6.07, 6.45) is 0.854. The minimum Gasteiger partial charge on any atom is -0.395 e. The van der Waals surface area contributed by atoms with Crippen molar-refractivity contribution in [3.8, 4) is 11.3 Å². The minimum absolute atomic E-state index is 0.712. The lowest BCUT2D eigenvalue weighted by atomic mass is 10.1. The van der Waals surface area contributed by atoms with Crippen molar-refractivity contribution in [2.24, 2.45) is 0 Å². The van der Waals surface area contributed by atoms with Gasteiger partial charge in [0.2, 0.25) is 0 Å². The molecule has 78 valence electrons. The molecule has 0 aliphatic rings. The fraction of sp³-hybridized carbons (Fsp3) is 0.182. The van der Waals surface area contributed by atoms with Gasteiger partial charge in [-0.1, -0.05) is 30.7 Å². The zero-order valence-corrected chi connectivity index (χ0v) is 9.17. The maximum absolute atomic E-state index is 5.96. The molecule has 0 unspecified atom stereocenters. The number of anilines is 1. The van der Waals surface area contributed by atoms with Crippen molar-refractivity contribution in [3.63, 3.8) is 0 Å². The van der Waals surface area contributed by atoms with E-state index in [2.05, 4.69) is 10.2 Å². The van der Waals surface area contributed by atoms with E-state index in [1.807, 2.05) is 31.2 Å². The van der Waals surface area contributed by atoms with E-state index in [-0.39, 0.29) is 0 Å². The molecule has 2 rings (SSSR count). The number of nitrogens with one attached hydrogen (secondary N) is 1. The maximum atomic E-state index is 5.96. The van der Waals surface area contributed by atoms with Crippen molar-refractivity contribution in [2.45, 2.75) is 13.3 Å². The summed E-state index contributed by atoms with van der Waals surface area (Å²) in [5.74, 6) is 0. The standard InChI is InChI=1S/C11H12ClN3/c1-2-9-10(13)11(15-14-9)7-3-5-8(12)6-4-7/h3-6H,2,13H2,1H3,(H,14,15). The molecular weight excluding hydrogens is 210 g/mol. The third-order valence-corrected chi connectivity index (χ3v) is 2.61. The molecule has 0 radical (unpaired) electrons. The number of nitrogens with two attached hydrogens (primary N) is 1. The van der Waals surface area contributed by atoms with Crippen LogP contribution in [0.2, 0.25) is 5.02 Å². The zero-order valence-electron chi connectivity index (χ0n) is 8.42. The first-order valence-electron chi connectivity index (χ1n) is 4.81. The van der Waals surface area contributed by atoms with Crippen LogP contribution in [0, 0.1) is 0 Å². The molecule has 1 aromatic carbocycles. The second-order valence-corrected chi connectivity index (χ2v) is 3.76. The summed E-state index contributed by atoms with van der Waals surface area (Å²) in [7, 11) is 0. The number of nitrogens with zero attached hydrogens (tertiary/aromatic N) is 1. The Kier molecular flexibility index (Phi) is 2.64. The second kappa shape index (κ2) is 3.95. The molecule has 0 saturated heterocycles. The van der Waals surface area contributed by atoms with E-state index in [1.54, 1.807) is 0 Å². The lowest BCUT2D eigenvalue weighted by molar-refractivity contribution is 0.978. The van der Waals surface area contributed by atoms with Gasteiger partial charge in [-0.25, -0.2) is 0 Å². The molecule has 3 N–H and O–H groups in total. The Hall–Kier alpha value is -1.48. The lowest BCUT2D eigenvalue weighted by Crippen LogP contribution is -1.91. The average Bonchev–Trinajstić information content (AvgIpc) is 2.61. The number of aryl methyl sites for hydroxylation is 1. The van der Waals surface area contributed by atoms with E-state index >= 15 is 0 Å². The van der Waals surface area contributed by atoms with Crippen LogP contribution < -0.4 is 5.73 Å². The Morgan fingerprint density at radius 3 is 2.53 bits per heavy atom. The number of nitrogen functional groups attached to an aromatic ring is 1. The second-order valence-electron chi connectivity index (χ2n) is 3.32. The van der Waals surface area contributed by atoms with E-state index in [1.165, 1.54) is 0 Å². The number of rotatable bonds is 2. The van der Waals surface area contributed by atoms with Gasteiger partial charge in [-0.15, -0.1) is 0 Å². The monoisotopic (exact) mass is 221 g/mol. The van der Waals surface area contributed by atoms with Gasteiger partial charge in [0, 0.05) is 10.6 Å². The molecule has 0 fully saturated rings. The van der Waals surface area contributed by atoms with Gasteiger partial charge in [-0.2, -0.15) is 5.10 Å². The summed E-state index contributed by atoms with van der Waals surface area (Å²) in [6, 6.07) is 7.48. The first-order chi connectivity index (χ1) is 7.22. The first kappa shape index (κ1) is 10.1. The molecular formula is C11H12ClN3. The number of benzene rings is 1. The van der Waals surface area contributed by atoms with Crippen LogP contribution >= 0.6 is 11.6 Å². The Morgan fingerprint density at radius 2 is 2.00 bits per heavy atom. The van der Waals surface area contributed by atoms with Crippen LogP contribution in [0.15, 0.2) is 24.3 Å². The number of aromatic nitrogens is 2. The number of aromatic amines is 1. The van der Waals surface area contributed by atoms with Crippen molar-refractivity contribution in [2.75, 3.05) is 5.73 Å². The highest BCUT2D eigenvalue weighted by molar-refractivity contribution is 6.30.